The Morgan fingerprint density at radius 2 is 2.33 bits per heavy atom. The molecule has 0 N–H and O–H groups in total. The van der Waals surface area contributed by atoms with Crippen molar-refractivity contribution in [2.45, 2.75) is 19.3 Å². The van der Waals surface area contributed by atoms with Crippen LogP contribution in [0.25, 0.3) is 0 Å². The van der Waals surface area contributed by atoms with Gasteiger partial charge >= 0.3 is 0 Å². The largest absolute Gasteiger partial charge is 0.303 e. The zero-order chi connectivity index (χ0) is 8.60. The Labute approximate surface area is 80.4 Å². The SMILES string of the molecule is O=CC1(Cc2ccc(Cl)s2)CC1. The summed E-state index contributed by atoms with van der Waals surface area (Å²) in [5.74, 6) is 0. The lowest BCUT2D eigenvalue weighted by molar-refractivity contribution is -0.112. The number of thiophene rings is 1. The summed E-state index contributed by atoms with van der Waals surface area (Å²) in [6.07, 6.45) is 4.08. The van der Waals surface area contributed by atoms with Crippen molar-refractivity contribution in [3.05, 3.63) is 21.3 Å². The first-order valence-corrected chi connectivity index (χ1v) is 5.14. The first-order valence-electron chi connectivity index (χ1n) is 3.95. The molecule has 2 rings (SSSR count). The van der Waals surface area contributed by atoms with Gasteiger partial charge in [0.2, 0.25) is 0 Å². The first-order chi connectivity index (χ1) is 5.74. The average molecular weight is 201 g/mol. The number of hydrogen-bond donors (Lipinski definition) is 0. The van der Waals surface area contributed by atoms with Crippen LogP contribution < -0.4 is 0 Å². The quantitative estimate of drug-likeness (QED) is 0.686. The van der Waals surface area contributed by atoms with Gasteiger partial charge in [-0.2, -0.15) is 0 Å². The Balaban J connectivity index is 2.08. The minimum absolute atomic E-state index is 0.0197. The molecule has 1 nitrogen and oxygen atoms in total. The molecule has 0 amide bonds. The van der Waals surface area contributed by atoms with Gasteiger partial charge in [-0.3, -0.25) is 0 Å². The zero-order valence-corrected chi connectivity index (χ0v) is 8.12. The molecule has 1 aromatic rings. The maximum atomic E-state index is 10.7. The summed E-state index contributed by atoms with van der Waals surface area (Å²) in [6, 6.07) is 3.90. The minimum atomic E-state index is -0.0197. The minimum Gasteiger partial charge on any atom is -0.303 e. The third kappa shape index (κ3) is 1.54. The molecule has 1 aliphatic carbocycles. The predicted octanol–water partition coefficient (Wildman–Crippen LogP) is 2.92. The molecule has 1 aromatic heterocycles. The van der Waals surface area contributed by atoms with Crippen molar-refractivity contribution in [2.24, 2.45) is 5.41 Å². The molecule has 1 fully saturated rings. The number of carbonyl (C=O) groups is 1. The van der Waals surface area contributed by atoms with Gasteiger partial charge in [0.15, 0.2) is 0 Å². The lowest BCUT2D eigenvalue weighted by atomic mass is 10.0. The van der Waals surface area contributed by atoms with Gasteiger partial charge in [0.1, 0.15) is 6.29 Å². The van der Waals surface area contributed by atoms with Crippen LogP contribution >= 0.6 is 22.9 Å². The van der Waals surface area contributed by atoms with Gasteiger partial charge in [0.05, 0.1) is 4.34 Å². The first kappa shape index (κ1) is 8.27. The highest BCUT2D eigenvalue weighted by Gasteiger charge is 2.42. The van der Waals surface area contributed by atoms with Gasteiger partial charge in [-0.25, -0.2) is 0 Å². The highest BCUT2D eigenvalue weighted by atomic mass is 35.5. The monoisotopic (exact) mass is 200 g/mol. The molecule has 12 heavy (non-hydrogen) atoms. The van der Waals surface area contributed by atoms with Crippen LogP contribution in [0.5, 0.6) is 0 Å². The van der Waals surface area contributed by atoms with Crippen LogP contribution in [0.1, 0.15) is 17.7 Å². The van der Waals surface area contributed by atoms with E-state index in [1.165, 1.54) is 4.88 Å². The second-order valence-corrected chi connectivity index (χ2v) is 5.16. The Hall–Kier alpha value is -0.340. The summed E-state index contributed by atoms with van der Waals surface area (Å²) >= 11 is 7.36. The molecular formula is C9H9ClOS. The van der Waals surface area contributed by atoms with Gasteiger partial charge in [0, 0.05) is 10.3 Å². The molecule has 0 radical (unpaired) electrons. The van der Waals surface area contributed by atoms with Crippen LogP contribution in [0.4, 0.5) is 0 Å². The maximum absolute atomic E-state index is 10.7. The van der Waals surface area contributed by atoms with Gasteiger partial charge in [-0.1, -0.05) is 11.6 Å². The van der Waals surface area contributed by atoms with Crippen molar-refractivity contribution in [1.82, 2.24) is 0 Å². The molecule has 0 aromatic carbocycles. The van der Waals surface area contributed by atoms with E-state index in [9.17, 15) is 4.79 Å². The van der Waals surface area contributed by atoms with Crippen LogP contribution in [0, 0.1) is 5.41 Å². The fourth-order valence-electron chi connectivity index (χ4n) is 1.29. The number of carbonyl (C=O) groups excluding carboxylic acids is 1. The fourth-order valence-corrected chi connectivity index (χ4v) is 2.53. The number of aldehydes is 1. The van der Waals surface area contributed by atoms with Crippen molar-refractivity contribution < 1.29 is 4.79 Å². The molecule has 64 valence electrons. The van der Waals surface area contributed by atoms with Gasteiger partial charge in [-0.15, -0.1) is 11.3 Å². The summed E-state index contributed by atoms with van der Waals surface area (Å²) in [6.45, 7) is 0. The van der Waals surface area contributed by atoms with Crippen LogP contribution in [-0.4, -0.2) is 6.29 Å². The topological polar surface area (TPSA) is 17.1 Å². The fraction of sp³-hybridized carbons (Fsp3) is 0.444. The molecule has 0 spiro atoms. The van der Waals surface area contributed by atoms with E-state index >= 15 is 0 Å². The Morgan fingerprint density at radius 3 is 2.75 bits per heavy atom. The van der Waals surface area contributed by atoms with Crippen LogP contribution in [-0.2, 0) is 11.2 Å². The second kappa shape index (κ2) is 2.86. The van der Waals surface area contributed by atoms with E-state index in [1.807, 2.05) is 12.1 Å². The highest BCUT2D eigenvalue weighted by Crippen LogP contribution is 2.47. The number of halogens is 1. The van der Waals surface area contributed by atoms with E-state index in [4.69, 9.17) is 11.6 Å². The Bertz CT molecular complexity index is 301. The summed E-state index contributed by atoms with van der Waals surface area (Å²) in [5, 5.41) is 0. The molecular weight excluding hydrogens is 192 g/mol. The number of hydrogen-bond acceptors (Lipinski definition) is 2. The Kier molecular flexibility index (Phi) is 1.97. The van der Waals surface area contributed by atoms with Gasteiger partial charge in [0.25, 0.3) is 0 Å². The Morgan fingerprint density at radius 1 is 1.58 bits per heavy atom. The summed E-state index contributed by atoms with van der Waals surface area (Å²) in [5.41, 5.74) is -0.0197. The summed E-state index contributed by atoms with van der Waals surface area (Å²) < 4.78 is 0.812. The molecule has 3 heteroatoms. The third-order valence-corrected chi connectivity index (χ3v) is 3.53. The normalized spacial score (nSPS) is 19.1. The molecule has 1 saturated carbocycles. The maximum Gasteiger partial charge on any atom is 0.126 e. The van der Waals surface area contributed by atoms with Crippen molar-refractivity contribution in [2.75, 3.05) is 0 Å². The standard InChI is InChI=1S/C9H9ClOS/c10-8-2-1-7(12-8)5-9(6-11)3-4-9/h1-2,6H,3-5H2. The highest BCUT2D eigenvalue weighted by molar-refractivity contribution is 7.16. The summed E-state index contributed by atoms with van der Waals surface area (Å²) in [4.78, 5) is 11.9. The number of rotatable bonds is 3. The smallest absolute Gasteiger partial charge is 0.126 e. The molecule has 0 atom stereocenters. The van der Waals surface area contributed by atoms with Gasteiger partial charge < -0.3 is 4.79 Å². The van der Waals surface area contributed by atoms with Crippen molar-refractivity contribution >= 4 is 29.2 Å². The van der Waals surface area contributed by atoms with Crippen LogP contribution in [0.2, 0.25) is 4.34 Å². The lowest BCUT2D eigenvalue weighted by Gasteiger charge is -2.02. The second-order valence-electron chi connectivity index (χ2n) is 3.36. The third-order valence-electron chi connectivity index (χ3n) is 2.30. The van der Waals surface area contributed by atoms with E-state index in [1.54, 1.807) is 11.3 Å². The molecule has 1 aliphatic rings. The van der Waals surface area contributed by atoms with Gasteiger partial charge in [-0.05, 0) is 31.4 Å². The molecule has 0 bridgehead atoms. The zero-order valence-electron chi connectivity index (χ0n) is 6.55. The van der Waals surface area contributed by atoms with Crippen LogP contribution in [0.3, 0.4) is 0 Å². The summed E-state index contributed by atoms with van der Waals surface area (Å²) in [7, 11) is 0. The molecule has 0 saturated heterocycles. The average Bonchev–Trinajstić information content (AvgIpc) is 2.71. The molecule has 1 heterocycles. The molecule has 0 unspecified atom stereocenters. The van der Waals surface area contributed by atoms with Crippen molar-refractivity contribution in [3.8, 4) is 0 Å². The van der Waals surface area contributed by atoms with E-state index in [2.05, 4.69) is 0 Å². The van der Waals surface area contributed by atoms with Crippen molar-refractivity contribution in [1.29, 1.82) is 0 Å². The van der Waals surface area contributed by atoms with Crippen LogP contribution in [0.15, 0.2) is 12.1 Å². The molecule has 0 aliphatic heterocycles. The van der Waals surface area contributed by atoms with E-state index in [0.29, 0.717) is 0 Å². The predicted molar refractivity (Wildman–Crippen MR) is 50.8 cm³/mol. The lowest BCUT2D eigenvalue weighted by Crippen LogP contribution is -2.04. The van der Waals surface area contributed by atoms with Crippen molar-refractivity contribution in [3.63, 3.8) is 0 Å². The van der Waals surface area contributed by atoms with E-state index in [-0.39, 0.29) is 5.41 Å². The van der Waals surface area contributed by atoms with E-state index in [0.717, 1.165) is 29.9 Å². The van der Waals surface area contributed by atoms with E-state index < -0.39 is 0 Å².